The van der Waals surface area contributed by atoms with Crippen LogP contribution in [-0.2, 0) is 0 Å². The molecule has 1 N–H and O–H groups in total. The average Bonchev–Trinajstić information content (AvgIpc) is 2.66. The molecule has 5 atom stereocenters. The fraction of sp³-hybridized carbons (Fsp3) is 1.00. The molecule has 5 unspecified atom stereocenters. The van der Waals surface area contributed by atoms with Gasteiger partial charge in [-0.2, -0.15) is 0 Å². The van der Waals surface area contributed by atoms with Gasteiger partial charge in [-0.05, 0) is 56.4 Å². The summed E-state index contributed by atoms with van der Waals surface area (Å²) in [6, 6.07) is 2.16. The molecular weight excluding hydrogens is 244 g/mol. The second-order valence-electron chi connectivity index (χ2n) is 8.28. The van der Waals surface area contributed by atoms with Gasteiger partial charge in [0, 0.05) is 24.7 Å². The van der Waals surface area contributed by atoms with E-state index < -0.39 is 0 Å². The van der Waals surface area contributed by atoms with E-state index in [2.05, 4.69) is 51.8 Å². The Bertz CT molecular complexity index is 313. The second kappa shape index (κ2) is 6.36. The maximum Gasteiger partial charge on any atom is 0.0274 e. The molecule has 2 rings (SSSR count). The van der Waals surface area contributed by atoms with Gasteiger partial charge >= 0.3 is 0 Å². The van der Waals surface area contributed by atoms with Crippen molar-refractivity contribution in [3.8, 4) is 0 Å². The first-order valence-corrected chi connectivity index (χ1v) is 8.86. The van der Waals surface area contributed by atoms with E-state index in [4.69, 9.17) is 0 Å². The lowest BCUT2D eigenvalue weighted by Gasteiger charge is -2.47. The minimum atomic E-state index is 0.448. The van der Waals surface area contributed by atoms with Crippen LogP contribution in [0, 0.1) is 17.3 Å². The highest BCUT2D eigenvalue weighted by atomic mass is 15.2. The van der Waals surface area contributed by atoms with Crippen molar-refractivity contribution in [3.05, 3.63) is 0 Å². The molecular formula is C18H36N2. The summed E-state index contributed by atoms with van der Waals surface area (Å²) in [6.45, 7) is 17.0. The number of nitrogens with one attached hydrogen (secondary N) is 1. The van der Waals surface area contributed by atoms with Crippen LogP contribution in [0.1, 0.15) is 67.2 Å². The van der Waals surface area contributed by atoms with E-state index in [1.807, 2.05) is 0 Å². The molecule has 2 nitrogen and oxygen atoms in total. The lowest BCUT2D eigenvalue weighted by molar-refractivity contribution is 0.0249. The molecule has 0 aromatic rings. The van der Waals surface area contributed by atoms with Crippen LogP contribution in [0.3, 0.4) is 0 Å². The Morgan fingerprint density at radius 3 is 2.55 bits per heavy atom. The van der Waals surface area contributed by atoms with E-state index in [0.29, 0.717) is 11.5 Å². The molecule has 0 aromatic carbocycles. The topological polar surface area (TPSA) is 15.3 Å². The maximum absolute atomic E-state index is 3.88. The molecule has 20 heavy (non-hydrogen) atoms. The Morgan fingerprint density at radius 1 is 1.20 bits per heavy atom. The van der Waals surface area contributed by atoms with Crippen molar-refractivity contribution in [1.82, 2.24) is 10.2 Å². The molecule has 1 aliphatic heterocycles. The Labute approximate surface area is 126 Å². The van der Waals surface area contributed by atoms with Gasteiger partial charge in [0.2, 0.25) is 0 Å². The first kappa shape index (κ1) is 16.3. The van der Waals surface area contributed by atoms with Crippen molar-refractivity contribution in [2.24, 2.45) is 17.3 Å². The van der Waals surface area contributed by atoms with Crippen LogP contribution in [0.15, 0.2) is 0 Å². The predicted molar refractivity (Wildman–Crippen MR) is 88.0 cm³/mol. The Hall–Kier alpha value is -0.0800. The van der Waals surface area contributed by atoms with Crippen molar-refractivity contribution >= 4 is 0 Å². The van der Waals surface area contributed by atoms with Crippen molar-refractivity contribution in [1.29, 1.82) is 0 Å². The highest BCUT2D eigenvalue weighted by molar-refractivity contribution is 5.03. The molecule has 1 heterocycles. The third-order valence-corrected chi connectivity index (χ3v) is 5.99. The highest BCUT2D eigenvalue weighted by Gasteiger charge is 2.46. The van der Waals surface area contributed by atoms with Crippen LogP contribution in [0.4, 0.5) is 0 Å². The second-order valence-corrected chi connectivity index (χ2v) is 8.28. The number of piperidine rings is 1. The average molecular weight is 280 g/mol. The van der Waals surface area contributed by atoms with Gasteiger partial charge in [0.05, 0.1) is 0 Å². The van der Waals surface area contributed by atoms with E-state index in [9.17, 15) is 0 Å². The summed E-state index contributed by atoms with van der Waals surface area (Å²) < 4.78 is 0. The third-order valence-electron chi connectivity index (χ3n) is 5.99. The van der Waals surface area contributed by atoms with Crippen molar-refractivity contribution in [3.63, 3.8) is 0 Å². The summed E-state index contributed by atoms with van der Waals surface area (Å²) in [5, 5.41) is 3.88. The number of likely N-dealkylation sites (tertiary alicyclic amines) is 1. The van der Waals surface area contributed by atoms with Crippen molar-refractivity contribution in [2.45, 2.75) is 85.4 Å². The van der Waals surface area contributed by atoms with Crippen LogP contribution >= 0.6 is 0 Å². The van der Waals surface area contributed by atoms with Crippen LogP contribution in [0.25, 0.3) is 0 Å². The van der Waals surface area contributed by atoms with Crippen molar-refractivity contribution in [2.75, 3.05) is 13.1 Å². The SMILES string of the molecule is CCCNC1C(N2CC(C)CC(C)C2C)CCC1(C)C. The number of hydrogen-bond donors (Lipinski definition) is 1. The molecule has 0 aromatic heterocycles. The van der Waals surface area contributed by atoms with Crippen LogP contribution in [0.5, 0.6) is 0 Å². The molecule has 0 amide bonds. The number of nitrogens with zero attached hydrogens (tertiary/aromatic N) is 1. The Kier molecular flexibility index (Phi) is 5.18. The summed E-state index contributed by atoms with van der Waals surface area (Å²) in [6.07, 6.45) is 5.38. The van der Waals surface area contributed by atoms with Crippen molar-refractivity contribution < 1.29 is 0 Å². The van der Waals surface area contributed by atoms with E-state index in [0.717, 1.165) is 30.5 Å². The van der Waals surface area contributed by atoms with Crippen LogP contribution < -0.4 is 5.32 Å². The Morgan fingerprint density at radius 2 is 1.90 bits per heavy atom. The molecule has 2 aliphatic rings. The van der Waals surface area contributed by atoms with Crippen LogP contribution in [0.2, 0.25) is 0 Å². The monoisotopic (exact) mass is 280 g/mol. The number of rotatable bonds is 4. The lowest BCUT2D eigenvalue weighted by atomic mass is 9.82. The number of hydrogen-bond acceptors (Lipinski definition) is 2. The molecule has 2 heteroatoms. The molecule has 0 bridgehead atoms. The summed E-state index contributed by atoms with van der Waals surface area (Å²) in [7, 11) is 0. The zero-order valence-electron chi connectivity index (χ0n) is 14.6. The van der Waals surface area contributed by atoms with Gasteiger partial charge in [-0.25, -0.2) is 0 Å². The standard InChI is InChI=1S/C18H36N2/c1-7-10-19-17-16(8-9-18(17,5)6)20-12-13(2)11-14(3)15(20)4/h13-17,19H,7-12H2,1-6H3. The summed E-state index contributed by atoms with van der Waals surface area (Å²) in [4.78, 5) is 2.85. The van der Waals surface area contributed by atoms with Gasteiger partial charge in [0.15, 0.2) is 0 Å². The van der Waals surface area contributed by atoms with Gasteiger partial charge in [-0.3, -0.25) is 4.90 Å². The van der Waals surface area contributed by atoms with Gasteiger partial charge in [-0.15, -0.1) is 0 Å². The molecule has 1 aliphatic carbocycles. The first-order valence-electron chi connectivity index (χ1n) is 8.86. The summed E-state index contributed by atoms with van der Waals surface area (Å²) in [5.41, 5.74) is 0.448. The largest absolute Gasteiger partial charge is 0.312 e. The fourth-order valence-electron chi connectivity index (χ4n) is 4.63. The molecule has 1 saturated heterocycles. The minimum Gasteiger partial charge on any atom is -0.312 e. The molecule has 118 valence electrons. The van der Waals surface area contributed by atoms with Gasteiger partial charge in [0.1, 0.15) is 0 Å². The Balaban J connectivity index is 2.12. The summed E-state index contributed by atoms with van der Waals surface area (Å²) in [5.74, 6) is 1.70. The minimum absolute atomic E-state index is 0.448. The van der Waals surface area contributed by atoms with Crippen LogP contribution in [-0.4, -0.2) is 36.1 Å². The summed E-state index contributed by atoms with van der Waals surface area (Å²) >= 11 is 0. The van der Waals surface area contributed by atoms with E-state index in [1.165, 1.54) is 32.2 Å². The predicted octanol–water partition coefficient (Wildman–Crippen LogP) is 3.91. The van der Waals surface area contributed by atoms with Gasteiger partial charge in [-0.1, -0.05) is 34.6 Å². The zero-order valence-corrected chi connectivity index (χ0v) is 14.6. The quantitative estimate of drug-likeness (QED) is 0.840. The van der Waals surface area contributed by atoms with E-state index in [-0.39, 0.29) is 0 Å². The fourth-order valence-corrected chi connectivity index (χ4v) is 4.63. The molecule has 2 fully saturated rings. The molecule has 0 spiro atoms. The van der Waals surface area contributed by atoms with Gasteiger partial charge in [0.25, 0.3) is 0 Å². The normalized spacial score (nSPS) is 42.0. The molecule has 1 saturated carbocycles. The first-order chi connectivity index (χ1) is 9.36. The van der Waals surface area contributed by atoms with E-state index in [1.54, 1.807) is 0 Å². The molecule has 0 radical (unpaired) electrons. The zero-order chi connectivity index (χ0) is 14.9. The van der Waals surface area contributed by atoms with Gasteiger partial charge < -0.3 is 5.32 Å². The highest BCUT2D eigenvalue weighted by Crippen LogP contribution is 2.42. The van der Waals surface area contributed by atoms with E-state index >= 15 is 0 Å². The maximum atomic E-state index is 3.88. The third kappa shape index (κ3) is 3.22. The lowest BCUT2D eigenvalue weighted by Crippen LogP contribution is -2.58. The smallest absolute Gasteiger partial charge is 0.0274 e.